The van der Waals surface area contributed by atoms with Crippen LogP contribution in [-0.2, 0) is 0 Å². The lowest BCUT2D eigenvalue weighted by Gasteiger charge is -2.24. The van der Waals surface area contributed by atoms with Crippen LogP contribution >= 0.6 is 0 Å². The van der Waals surface area contributed by atoms with Gasteiger partial charge in [-0.25, -0.2) is 0 Å². The van der Waals surface area contributed by atoms with Crippen LogP contribution in [0.3, 0.4) is 0 Å². The number of aliphatic hydroxyl groups is 1. The lowest BCUT2D eigenvalue weighted by Crippen LogP contribution is -2.29. The van der Waals surface area contributed by atoms with Gasteiger partial charge in [-0.15, -0.1) is 0 Å². The van der Waals surface area contributed by atoms with E-state index in [0.29, 0.717) is 5.41 Å². The molecular weight excluding hydrogens is 248 g/mol. The first-order valence-corrected chi connectivity index (χ1v) is 7.70. The molecule has 0 rings (SSSR count). The number of hydrogen-bond acceptors (Lipinski definition) is 3. The van der Waals surface area contributed by atoms with Gasteiger partial charge in [-0.2, -0.15) is 0 Å². The maximum absolute atomic E-state index is 9.51. The molecule has 0 saturated carbocycles. The molecule has 0 aromatic carbocycles. The predicted octanol–water partition coefficient (Wildman–Crippen LogP) is 3.33. The van der Waals surface area contributed by atoms with Gasteiger partial charge in [0.15, 0.2) is 0 Å². The van der Waals surface area contributed by atoms with Gasteiger partial charge in [0.2, 0.25) is 0 Å². The first kappa shape index (κ1) is 22.2. The van der Waals surface area contributed by atoms with E-state index in [1.54, 1.807) is 0 Å². The Labute approximate surface area is 128 Å². The number of nitrogens with zero attached hydrogens (tertiary/aromatic N) is 2. The average Bonchev–Trinajstić information content (AvgIpc) is 2.09. The SMILES string of the molecule is CN(C)CC(O)CC(C)(C)C.CN(C)CCC(C)(C)C. The molecular formula is C17H40N2O. The third-order valence-corrected chi connectivity index (χ3v) is 2.73. The maximum atomic E-state index is 9.51. The van der Waals surface area contributed by atoms with Gasteiger partial charge >= 0.3 is 0 Å². The molecule has 0 fully saturated rings. The third-order valence-electron chi connectivity index (χ3n) is 2.73. The minimum atomic E-state index is -0.190. The highest BCUT2D eigenvalue weighted by Gasteiger charge is 2.16. The molecule has 0 saturated heterocycles. The summed E-state index contributed by atoms with van der Waals surface area (Å²) in [5.74, 6) is 0. The van der Waals surface area contributed by atoms with E-state index in [9.17, 15) is 5.11 Å². The highest BCUT2D eigenvalue weighted by atomic mass is 16.3. The largest absolute Gasteiger partial charge is 0.392 e. The van der Waals surface area contributed by atoms with Crippen molar-refractivity contribution in [1.29, 1.82) is 0 Å². The monoisotopic (exact) mass is 288 g/mol. The first-order chi connectivity index (χ1) is 8.73. The Morgan fingerprint density at radius 2 is 1.25 bits per heavy atom. The van der Waals surface area contributed by atoms with E-state index in [-0.39, 0.29) is 11.5 Å². The molecule has 124 valence electrons. The van der Waals surface area contributed by atoms with E-state index in [1.807, 2.05) is 19.0 Å². The molecule has 3 heteroatoms. The highest BCUT2D eigenvalue weighted by Crippen LogP contribution is 2.20. The Balaban J connectivity index is 0. The lowest BCUT2D eigenvalue weighted by molar-refractivity contribution is 0.0937. The normalized spacial score (nSPS) is 14.2. The standard InChI is InChI=1S/C9H21NO.C8H19N/c1-9(2,3)6-8(11)7-10(4)5;1-8(2,3)6-7-9(4)5/h8,11H,6-7H2,1-5H3;6-7H2,1-5H3. The molecule has 0 aliphatic rings. The summed E-state index contributed by atoms with van der Waals surface area (Å²) in [6.07, 6.45) is 1.95. The Morgan fingerprint density at radius 3 is 1.45 bits per heavy atom. The molecule has 0 heterocycles. The summed E-state index contributed by atoms with van der Waals surface area (Å²) in [7, 11) is 8.19. The number of likely N-dealkylation sites (N-methyl/N-ethyl adjacent to an activating group) is 1. The molecule has 1 N–H and O–H groups in total. The maximum Gasteiger partial charge on any atom is 0.0671 e. The number of aliphatic hydroxyl groups excluding tert-OH is 1. The Kier molecular flexibility index (Phi) is 10.8. The molecule has 0 spiro atoms. The molecule has 1 atom stereocenters. The summed E-state index contributed by atoms with van der Waals surface area (Å²) in [4.78, 5) is 4.24. The van der Waals surface area contributed by atoms with Gasteiger partial charge < -0.3 is 14.9 Å². The molecule has 0 aliphatic heterocycles. The average molecular weight is 289 g/mol. The second-order valence-corrected chi connectivity index (χ2v) is 8.79. The van der Waals surface area contributed by atoms with Crippen LogP contribution in [0.5, 0.6) is 0 Å². The van der Waals surface area contributed by atoms with Gasteiger partial charge in [0.05, 0.1) is 6.10 Å². The van der Waals surface area contributed by atoms with Crippen molar-refractivity contribution < 1.29 is 5.11 Å². The van der Waals surface area contributed by atoms with Gasteiger partial charge in [-0.1, -0.05) is 41.5 Å². The second-order valence-electron chi connectivity index (χ2n) is 8.79. The van der Waals surface area contributed by atoms with Crippen molar-refractivity contribution in [3.63, 3.8) is 0 Å². The van der Waals surface area contributed by atoms with Crippen molar-refractivity contribution in [3.8, 4) is 0 Å². The van der Waals surface area contributed by atoms with Crippen molar-refractivity contribution in [2.75, 3.05) is 41.3 Å². The Bertz CT molecular complexity index is 224. The summed E-state index contributed by atoms with van der Waals surface area (Å²) < 4.78 is 0. The van der Waals surface area contributed by atoms with E-state index in [4.69, 9.17) is 0 Å². The van der Waals surface area contributed by atoms with Crippen molar-refractivity contribution in [1.82, 2.24) is 9.80 Å². The fraction of sp³-hybridized carbons (Fsp3) is 1.00. The van der Waals surface area contributed by atoms with Crippen molar-refractivity contribution in [2.24, 2.45) is 10.8 Å². The smallest absolute Gasteiger partial charge is 0.0671 e. The minimum Gasteiger partial charge on any atom is -0.392 e. The number of rotatable bonds is 5. The summed E-state index contributed by atoms with van der Waals surface area (Å²) in [6, 6.07) is 0. The molecule has 3 nitrogen and oxygen atoms in total. The lowest BCUT2D eigenvalue weighted by atomic mass is 9.89. The molecule has 0 radical (unpaired) electrons. The summed E-state index contributed by atoms with van der Waals surface area (Å²) in [5, 5.41) is 9.51. The zero-order valence-corrected chi connectivity index (χ0v) is 15.7. The summed E-state index contributed by atoms with van der Waals surface area (Å²) in [5.41, 5.74) is 0.722. The van der Waals surface area contributed by atoms with Crippen LogP contribution in [0.4, 0.5) is 0 Å². The predicted molar refractivity (Wildman–Crippen MR) is 91.3 cm³/mol. The molecule has 1 unspecified atom stereocenters. The first-order valence-electron chi connectivity index (χ1n) is 7.70. The van der Waals surface area contributed by atoms with Gasteiger partial charge in [-0.3, -0.25) is 0 Å². The van der Waals surface area contributed by atoms with E-state index in [1.165, 1.54) is 13.0 Å². The van der Waals surface area contributed by atoms with Crippen LogP contribution in [0.2, 0.25) is 0 Å². The molecule has 0 aromatic rings. The van der Waals surface area contributed by atoms with Crippen LogP contribution in [0, 0.1) is 10.8 Å². The fourth-order valence-corrected chi connectivity index (χ4v) is 1.75. The number of hydrogen-bond donors (Lipinski definition) is 1. The van der Waals surface area contributed by atoms with Crippen molar-refractivity contribution >= 4 is 0 Å². The third kappa shape index (κ3) is 23.0. The topological polar surface area (TPSA) is 26.7 Å². The van der Waals surface area contributed by atoms with Crippen LogP contribution in [-0.4, -0.2) is 62.3 Å². The zero-order chi connectivity index (χ0) is 16.6. The molecule has 0 aromatic heterocycles. The van der Waals surface area contributed by atoms with Crippen molar-refractivity contribution in [2.45, 2.75) is 60.5 Å². The van der Waals surface area contributed by atoms with Gasteiger partial charge in [0.25, 0.3) is 0 Å². The van der Waals surface area contributed by atoms with Gasteiger partial charge in [0.1, 0.15) is 0 Å². The van der Waals surface area contributed by atoms with Gasteiger partial charge in [-0.05, 0) is 58.4 Å². The second kappa shape index (κ2) is 9.75. The van der Waals surface area contributed by atoms with E-state index in [2.05, 4.69) is 60.5 Å². The fourth-order valence-electron chi connectivity index (χ4n) is 1.75. The van der Waals surface area contributed by atoms with E-state index >= 15 is 0 Å². The molecule has 0 aliphatic carbocycles. The molecule has 20 heavy (non-hydrogen) atoms. The van der Waals surface area contributed by atoms with Gasteiger partial charge in [0, 0.05) is 6.54 Å². The Hall–Kier alpha value is -0.120. The zero-order valence-electron chi connectivity index (χ0n) is 15.7. The molecule has 0 amide bonds. The van der Waals surface area contributed by atoms with E-state index in [0.717, 1.165) is 13.0 Å². The quantitative estimate of drug-likeness (QED) is 0.840. The highest BCUT2D eigenvalue weighted by molar-refractivity contribution is 4.69. The van der Waals surface area contributed by atoms with E-state index < -0.39 is 0 Å². The minimum absolute atomic E-state index is 0.190. The van der Waals surface area contributed by atoms with Crippen LogP contribution < -0.4 is 0 Å². The van der Waals surface area contributed by atoms with Crippen LogP contribution in [0.1, 0.15) is 54.4 Å². The Morgan fingerprint density at radius 1 is 0.800 bits per heavy atom. The van der Waals surface area contributed by atoms with Crippen molar-refractivity contribution in [3.05, 3.63) is 0 Å². The van der Waals surface area contributed by atoms with Crippen LogP contribution in [0.15, 0.2) is 0 Å². The summed E-state index contributed by atoms with van der Waals surface area (Å²) >= 11 is 0. The summed E-state index contributed by atoms with van der Waals surface area (Å²) in [6.45, 7) is 15.2. The molecule has 0 bridgehead atoms. The van der Waals surface area contributed by atoms with Crippen LogP contribution in [0.25, 0.3) is 0 Å².